The van der Waals surface area contributed by atoms with Crippen molar-refractivity contribution in [3.63, 3.8) is 0 Å². The number of para-hydroxylation sites is 1. The standard InChI is InChI=1S/C14H17NO/c1-4-14(16)11(3)15-10(2)9-12-7-5-6-8-13(12)15/h5-9,11H,4H2,1-3H3. The smallest absolute Gasteiger partial charge is 0.155 e. The van der Waals surface area contributed by atoms with Crippen molar-refractivity contribution in [3.05, 3.63) is 36.0 Å². The summed E-state index contributed by atoms with van der Waals surface area (Å²) in [7, 11) is 0. The maximum atomic E-state index is 11.8. The number of fused-ring (bicyclic) bond motifs is 1. The number of rotatable bonds is 3. The molecule has 0 radical (unpaired) electrons. The van der Waals surface area contributed by atoms with Gasteiger partial charge in [-0.3, -0.25) is 4.79 Å². The van der Waals surface area contributed by atoms with Crippen molar-refractivity contribution in [2.75, 3.05) is 0 Å². The molecule has 2 aromatic rings. The Labute approximate surface area is 95.9 Å². The predicted octanol–water partition coefficient (Wildman–Crippen LogP) is 3.49. The van der Waals surface area contributed by atoms with Crippen LogP contribution in [0, 0.1) is 6.92 Å². The van der Waals surface area contributed by atoms with Crippen LogP contribution in [0.4, 0.5) is 0 Å². The number of hydrogen-bond acceptors (Lipinski definition) is 1. The van der Waals surface area contributed by atoms with Crippen LogP contribution >= 0.6 is 0 Å². The third kappa shape index (κ3) is 1.64. The van der Waals surface area contributed by atoms with Crippen molar-refractivity contribution in [2.45, 2.75) is 33.2 Å². The lowest BCUT2D eigenvalue weighted by atomic mass is 10.1. The average molecular weight is 215 g/mol. The summed E-state index contributed by atoms with van der Waals surface area (Å²) in [5, 5.41) is 1.20. The molecule has 2 nitrogen and oxygen atoms in total. The molecule has 0 aliphatic heterocycles. The molecule has 2 heteroatoms. The van der Waals surface area contributed by atoms with E-state index in [4.69, 9.17) is 0 Å². The van der Waals surface area contributed by atoms with Gasteiger partial charge in [0.25, 0.3) is 0 Å². The van der Waals surface area contributed by atoms with Crippen LogP contribution < -0.4 is 0 Å². The minimum atomic E-state index is -0.0649. The summed E-state index contributed by atoms with van der Waals surface area (Å²) in [6, 6.07) is 10.3. The minimum absolute atomic E-state index is 0.0649. The van der Waals surface area contributed by atoms with Crippen LogP contribution in [-0.4, -0.2) is 10.4 Å². The molecule has 1 unspecified atom stereocenters. The molecule has 0 bridgehead atoms. The maximum Gasteiger partial charge on any atom is 0.155 e. The van der Waals surface area contributed by atoms with Gasteiger partial charge in [0, 0.05) is 17.6 Å². The summed E-state index contributed by atoms with van der Waals surface area (Å²) in [5.41, 5.74) is 2.30. The van der Waals surface area contributed by atoms with Crippen molar-refractivity contribution >= 4 is 16.7 Å². The van der Waals surface area contributed by atoms with E-state index in [1.54, 1.807) is 0 Å². The number of aryl methyl sites for hydroxylation is 1. The first-order chi connectivity index (χ1) is 7.65. The van der Waals surface area contributed by atoms with Gasteiger partial charge in [-0.15, -0.1) is 0 Å². The van der Waals surface area contributed by atoms with E-state index in [2.05, 4.69) is 29.7 Å². The molecule has 84 valence electrons. The van der Waals surface area contributed by atoms with Gasteiger partial charge in [0.15, 0.2) is 5.78 Å². The highest BCUT2D eigenvalue weighted by atomic mass is 16.1. The lowest BCUT2D eigenvalue weighted by Crippen LogP contribution is -2.16. The quantitative estimate of drug-likeness (QED) is 0.768. The molecule has 1 heterocycles. The fourth-order valence-electron chi connectivity index (χ4n) is 2.27. The first-order valence-electron chi connectivity index (χ1n) is 5.74. The Hall–Kier alpha value is -1.57. The highest BCUT2D eigenvalue weighted by Crippen LogP contribution is 2.24. The number of hydrogen-bond donors (Lipinski definition) is 0. The molecule has 0 fully saturated rings. The van der Waals surface area contributed by atoms with Crippen LogP contribution in [0.5, 0.6) is 0 Å². The molecule has 0 N–H and O–H groups in total. The summed E-state index contributed by atoms with van der Waals surface area (Å²) < 4.78 is 2.13. The molecule has 1 aromatic heterocycles. The SMILES string of the molecule is CCC(=O)C(C)n1c(C)cc2ccccc21. The monoisotopic (exact) mass is 215 g/mol. The van der Waals surface area contributed by atoms with E-state index in [1.807, 2.05) is 26.0 Å². The maximum absolute atomic E-state index is 11.8. The molecule has 16 heavy (non-hydrogen) atoms. The Balaban J connectivity index is 2.59. The fourth-order valence-corrected chi connectivity index (χ4v) is 2.27. The van der Waals surface area contributed by atoms with Gasteiger partial charge in [-0.05, 0) is 31.4 Å². The zero-order chi connectivity index (χ0) is 11.7. The normalized spacial score (nSPS) is 12.9. The molecule has 0 aliphatic rings. The van der Waals surface area contributed by atoms with E-state index in [0.717, 1.165) is 11.2 Å². The summed E-state index contributed by atoms with van der Waals surface area (Å²) in [6.45, 7) is 5.95. The fraction of sp³-hybridized carbons (Fsp3) is 0.357. The van der Waals surface area contributed by atoms with Crippen LogP contribution in [0.3, 0.4) is 0 Å². The van der Waals surface area contributed by atoms with Crippen LogP contribution in [0.2, 0.25) is 0 Å². The number of carbonyl (C=O) groups is 1. The number of aromatic nitrogens is 1. The summed E-state index contributed by atoms with van der Waals surface area (Å²) in [4.78, 5) is 11.8. The average Bonchev–Trinajstić information content (AvgIpc) is 2.63. The van der Waals surface area contributed by atoms with Crippen molar-refractivity contribution in [3.8, 4) is 0 Å². The van der Waals surface area contributed by atoms with E-state index >= 15 is 0 Å². The van der Waals surface area contributed by atoms with Crippen molar-refractivity contribution in [1.29, 1.82) is 0 Å². The van der Waals surface area contributed by atoms with Gasteiger partial charge in [0.2, 0.25) is 0 Å². The highest BCUT2D eigenvalue weighted by Gasteiger charge is 2.16. The van der Waals surface area contributed by atoms with Gasteiger partial charge < -0.3 is 4.57 Å². The zero-order valence-corrected chi connectivity index (χ0v) is 10.0. The Morgan fingerprint density at radius 2 is 2.06 bits per heavy atom. The molecular weight excluding hydrogens is 198 g/mol. The van der Waals surface area contributed by atoms with Crippen molar-refractivity contribution in [2.24, 2.45) is 0 Å². The second-order valence-corrected chi connectivity index (χ2v) is 4.21. The molecule has 2 rings (SSSR count). The van der Waals surface area contributed by atoms with Crippen LogP contribution in [0.25, 0.3) is 10.9 Å². The van der Waals surface area contributed by atoms with E-state index < -0.39 is 0 Å². The molecule has 0 spiro atoms. The topological polar surface area (TPSA) is 22.0 Å². The Kier molecular flexibility index (Phi) is 2.82. The van der Waals surface area contributed by atoms with E-state index in [9.17, 15) is 4.79 Å². The lowest BCUT2D eigenvalue weighted by Gasteiger charge is -2.15. The Morgan fingerprint density at radius 1 is 1.38 bits per heavy atom. The van der Waals surface area contributed by atoms with Gasteiger partial charge >= 0.3 is 0 Å². The minimum Gasteiger partial charge on any atom is -0.335 e. The number of carbonyl (C=O) groups excluding carboxylic acids is 1. The summed E-state index contributed by atoms with van der Waals surface area (Å²) >= 11 is 0. The number of Topliss-reactive ketones (excluding diaryl/α,β-unsaturated/α-hetero) is 1. The molecule has 0 amide bonds. The Morgan fingerprint density at radius 3 is 2.75 bits per heavy atom. The second-order valence-electron chi connectivity index (χ2n) is 4.21. The number of nitrogens with zero attached hydrogens (tertiary/aromatic N) is 1. The van der Waals surface area contributed by atoms with Crippen LogP contribution in [-0.2, 0) is 4.79 Å². The zero-order valence-electron chi connectivity index (χ0n) is 10.0. The lowest BCUT2D eigenvalue weighted by molar-refractivity contribution is -0.121. The van der Waals surface area contributed by atoms with Crippen molar-refractivity contribution < 1.29 is 4.79 Å². The van der Waals surface area contributed by atoms with Gasteiger partial charge in [-0.25, -0.2) is 0 Å². The molecule has 1 aromatic carbocycles. The van der Waals surface area contributed by atoms with Crippen LogP contribution in [0.1, 0.15) is 32.0 Å². The number of ketones is 1. The first kappa shape index (κ1) is 10.9. The highest BCUT2D eigenvalue weighted by molar-refractivity contribution is 5.87. The van der Waals surface area contributed by atoms with E-state index in [-0.39, 0.29) is 11.8 Å². The summed E-state index contributed by atoms with van der Waals surface area (Å²) in [6.07, 6.45) is 0.590. The second kappa shape index (κ2) is 4.12. The van der Waals surface area contributed by atoms with E-state index in [1.165, 1.54) is 5.39 Å². The van der Waals surface area contributed by atoms with Gasteiger partial charge in [-0.1, -0.05) is 25.1 Å². The Bertz CT molecular complexity index is 525. The summed E-state index contributed by atoms with van der Waals surface area (Å²) in [5.74, 6) is 0.282. The molecule has 1 atom stereocenters. The van der Waals surface area contributed by atoms with E-state index in [0.29, 0.717) is 6.42 Å². The van der Waals surface area contributed by atoms with Gasteiger partial charge in [0.1, 0.15) is 0 Å². The van der Waals surface area contributed by atoms with Crippen molar-refractivity contribution in [1.82, 2.24) is 4.57 Å². The first-order valence-corrected chi connectivity index (χ1v) is 5.74. The molecule has 0 saturated heterocycles. The predicted molar refractivity (Wildman–Crippen MR) is 66.7 cm³/mol. The largest absolute Gasteiger partial charge is 0.335 e. The number of benzene rings is 1. The third-order valence-electron chi connectivity index (χ3n) is 3.14. The molecular formula is C14H17NO. The molecule has 0 saturated carbocycles. The third-order valence-corrected chi connectivity index (χ3v) is 3.14. The van der Waals surface area contributed by atoms with Gasteiger partial charge in [-0.2, -0.15) is 0 Å². The van der Waals surface area contributed by atoms with Crippen LogP contribution in [0.15, 0.2) is 30.3 Å². The van der Waals surface area contributed by atoms with Gasteiger partial charge in [0.05, 0.1) is 6.04 Å². The molecule has 0 aliphatic carbocycles.